The number of carboxylic acid groups (broad SMARTS) is 1. The van der Waals surface area contributed by atoms with E-state index in [9.17, 15) is 14.4 Å². The number of nitrogens with one attached hydrogen (secondary N) is 2. The lowest BCUT2D eigenvalue weighted by atomic mass is 9.82. The summed E-state index contributed by atoms with van der Waals surface area (Å²) in [6.45, 7) is 1.40. The van der Waals surface area contributed by atoms with Crippen LogP contribution >= 0.6 is 0 Å². The number of amides is 2. The zero-order valence-electron chi connectivity index (χ0n) is 13.2. The highest BCUT2D eigenvalue weighted by molar-refractivity contribution is 5.97. The molecule has 1 fully saturated rings. The van der Waals surface area contributed by atoms with Gasteiger partial charge in [0, 0.05) is 17.7 Å². The van der Waals surface area contributed by atoms with Crippen molar-refractivity contribution in [2.24, 2.45) is 5.92 Å². The van der Waals surface area contributed by atoms with Crippen LogP contribution in [0, 0.1) is 5.92 Å². The van der Waals surface area contributed by atoms with Gasteiger partial charge in [0.05, 0.1) is 0 Å². The van der Waals surface area contributed by atoms with Crippen molar-refractivity contribution in [3.63, 3.8) is 0 Å². The zero-order valence-corrected chi connectivity index (χ0v) is 13.2. The summed E-state index contributed by atoms with van der Waals surface area (Å²) in [6.07, 6.45) is 5.18. The Labute approximate surface area is 135 Å². The first kappa shape index (κ1) is 17.0. The van der Waals surface area contributed by atoms with Gasteiger partial charge in [-0.3, -0.25) is 14.4 Å². The first-order valence-electron chi connectivity index (χ1n) is 7.89. The summed E-state index contributed by atoms with van der Waals surface area (Å²) in [5.74, 6) is -0.867. The number of hydrogen-bond donors (Lipinski definition) is 3. The Morgan fingerprint density at radius 3 is 2.39 bits per heavy atom. The van der Waals surface area contributed by atoms with E-state index in [4.69, 9.17) is 5.11 Å². The predicted octanol–water partition coefficient (Wildman–Crippen LogP) is 2.41. The fourth-order valence-corrected chi connectivity index (χ4v) is 2.39. The van der Waals surface area contributed by atoms with Crippen LogP contribution in [-0.4, -0.2) is 28.9 Å². The third kappa shape index (κ3) is 5.09. The molecule has 6 heteroatoms. The van der Waals surface area contributed by atoms with Crippen LogP contribution in [0.5, 0.6) is 0 Å². The number of benzene rings is 1. The lowest BCUT2D eigenvalue weighted by molar-refractivity contribution is -0.138. The Morgan fingerprint density at radius 2 is 1.87 bits per heavy atom. The smallest absolute Gasteiger partial charge is 0.325 e. The van der Waals surface area contributed by atoms with Crippen molar-refractivity contribution in [1.29, 1.82) is 0 Å². The third-order valence-corrected chi connectivity index (χ3v) is 4.15. The van der Waals surface area contributed by atoms with Crippen LogP contribution in [0.25, 0.3) is 0 Å². The molecule has 1 aromatic carbocycles. The molecule has 0 radical (unpaired) electrons. The molecule has 2 amide bonds. The lowest BCUT2D eigenvalue weighted by Gasteiger charge is -2.24. The SMILES string of the molecule is CC(NC(=O)c1ccc(NC(=O)CCC2CCC2)cc1)C(=O)O. The van der Waals surface area contributed by atoms with Gasteiger partial charge in [-0.15, -0.1) is 0 Å². The molecule has 6 nitrogen and oxygen atoms in total. The molecule has 1 atom stereocenters. The standard InChI is InChI=1S/C17H22N2O4/c1-11(17(22)23)18-16(21)13-6-8-14(9-7-13)19-15(20)10-5-12-3-2-4-12/h6-9,11-12H,2-5,10H2,1H3,(H,18,21)(H,19,20)(H,22,23). The van der Waals surface area contributed by atoms with Gasteiger partial charge >= 0.3 is 5.97 Å². The Morgan fingerprint density at radius 1 is 1.22 bits per heavy atom. The Hall–Kier alpha value is -2.37. The van der Waals surface area contributed by atoms with Gasteiger partial charge in [0.2, 0.25) is 5.91 Å². The molecule has 0 saturated heterocycles. The average molecular weight is 318 g/mol. The summed E-state index contributed by atoms with van der Waals surface area (Å²) in [5, 5.41) is 14.0. The van der Waals surface area contributed by atoms with Crippen LogP contribution in [-0.2, 0) is 9.59 Å². The molecule has 2 rings (SSSR count). The summed E-state index contributed by atoms with van der Waals surface area (Å²) in [5.41, 5.74) is 0.983. The molecule has 1 aliphatic rings. The van der Waals surface area contributed by atoms with Gasteiger partial charge in [0.15, 0.2) is 0 Å². The van der Waals surface area contributed by atoms with Crippen LogP contribution in [0.2, 0.25) is 0 Å². The minimum atomic E-state index is -1.09. The minimum Gasteiger partial charge on any atom is -0.480 e. The average Bonchev–Trinajstić information content (AvgIpc) is 2.46. The Balaban J connectivity index is 1.82. The minimum absolute atomic E-state index is 0.0198. The molecule has 3 N–H and O–H groups in total. The lowest BCUT2D eigenvalue weighted by Crippen LogP contribution is -2.38. The Kier molecular flexibility index (Phi) is 5.73. The van der Waals surface area contributed by atoms with Crippen LogP contribution in [0.1, 0.15) is 49.4 Å². The van der Waals surface area contributed by atoms with E-state index >= 15 is 0 Å². The van der Waals surface area contributed by atoms with Gasteiger partial charge in [0.1, 0.15) is 6.04 Å². The predicted molar refractivity (Wildman–Crippen MR) is 86.2 cm³/mol. The molecular weight excluding hydrogens is 296 g/mol. The van der Waals surface area contributed by atoms with Crippen molar-refractivity contribution in [2.75, 3.05) is 5.32 Å². The maximum Gasteiger partial charge on any atom is 0.325 e. The highest BCUT2D eigenvalue weighted by atomic mass is 16.4. The molecule has 0 heterocycles. The number of aliphatic carboxylic acids is 1. The fourth-order valence-electron chi connectivity index (χ4n) is 2.39. The molecule has 1 aliphatic carbocycles. The Bertz CT molecular complexity index is 579. The normalized spacial score (nSPS) is 15.3. The summed E-state index contributed by atoms with van der Waals surface area (Å²) < 4.78 is 0. The first-order chi connectivity index (χ1) is 11.0. The van der Waals surface area contributed by atoms with Gasteiger partial charge in [-0.1, -0.05) is 19.3 Å². The third-order valence-electron chi connectivity index (χ3n) is 4.15. The topological polar surface area (TPSA) is 95.5 Å². The number of carbonyl (C=O) groups is 3. The second-order valence-electron chi connectivity index (χ2n) is 5.99. The van der Waals surface area contributed by atoms with Crippen molar-refractivity contribution in [2.45, 2.75) is 45.1 Å². The highest BCUT2D eigenvalue weighted by Gasteiger charge is 2.18. The van der Waals surface area contributed by atoms with E-state index in [-0.39, 0.29) is 5.91 Å². The summed E-state index contributed by atoms with van der Waals surface area (Å²) >= 11 is 0. The molecular formula is C17H22N2O4. The quantitative estimate of drug-likeness (QED) is 0.719. The zero-order chi connectivity index (χ0) is 16.8. The van der Waals surface area contributed by atoms with Crippen LogP contribution < -0.4 is 10.6 Å². The van der Waals surface area contributed by atoms with Crippen LogP contribution in [0.3, 0.4) is 0 Å². The van der Waals surface area contributed by atoms with Crippen LogP contribution in [0.4, 0.5) is 5.69 Å². The van der Waals surface area contributed by atoms with E-state index < -0.39 is 17.9 Å². The number of carbonyl (C=O) groups excluding carboxylic acids is 2. The van der Waals surface area contributed by atoms with Crippen molar-refractivity contribution < 1.29 is 19.5 Å². The molecule has 1 unspecified atom stereocenters. The second kappa shape index (κ2) is 7.76. The number of rotatable bonds is 7. The summed E-state index contributed by atoms with van der Waals surface area (Å²) in [4.78, 5) is 34.4. The van der Waals surface area contributed by atoms with Gasteiger partial charge in [0.25, 0.3) is 5.91 Å². The van der Waals surface area contributed by atoms with Crippen molar-refractivity contribution in [1.82, 2.24) is 5.32 Å². The highest BCUT2D eigenvalue weighted by Crippen LogP contribution is 2.30. The van der Waals surface area contributed by atoms with Crippen molar-refractivity contribution in [3.05, 3.63) is 29.8 Å². The molecule has 124 valence electrons. The van der Waals surface area contributed by atoms with Gasteiger partial charge in [-0.25, -0.2) is 0 Å². The summed E-state index contributed by atoms with van der Waals surface area (Å²) in [6, 6.07) is 5.45. The molecule has 1 aromatic rings. The molecule has 0 spiro atoms. The molecule has 1 saturated carbocycles. The van der Waals surface area contributed by atoms with Gasteiger partial charge in [-0.2, -0.15) is 0 Å². The number of anilines is 1. The van der Waals surface area contributed by atoms with E-state index in [0.29, 0.717) is 23.6 Å². The maximum atomic E-state index is 11.8. The molecule has 0 bridgehead atoms. The molecule has 23 heavy (non-hydrogen) atoms. The van der Waals surface area contributed by atoms with E-state index in [1.54, 1.807) is 24.3 Å². The second-order valence-corrected chi connectivity index (χ2v) is 5.99. The van der Waals surface area contributed by atoms with E-state index in [1.165, 1.54) is 26.2 Å². The van der Waals surface area contributed by atoms with Gasteiger partial charge < -0.3 is 15.7 Å². The number of carboxylic acids is 1. The van der Waals surface area contributed by atoms with Gasteiger partial charge in [-0.05, 0) is 43.5 Å². The first-order valence-corrected chi connectivity index (χ1v) is 7.89. The largest absolute Gasteiger partial charge is 0.480 e. The van der Waals surface area contributed by atoms with E-state index in [2.05, 4.69) is 10.6 Å². The van der Waals surface area contributed by atoms with E-state index in [0.717, 1.165) is 6.42 Å². The fraction of sp³-hybridized carbons (Fsp3) is 0.471. The maximum absolute atomic E-state index is 11.8. The monoisotopic (exact) mass is 318 g/mol. The molecule has 0 aliphatic heterocycles. The van der Waals surface area contributed by atoms with Crippen molar-refractivity contribution in [3.8, 4) is 0 Å². The van der Waals surface area contributed by atoms with E-state index in [1.807, 2.05) is 0 Å². The number of hydrogen-bond acceptors (Lipinski definition) is 3. The van der Waals surface area contributed by atoms with Crippen LogP contribution in [0.15, 0.2) is 24.3 Å². The van der Waals surface area contributed by atoms with Crippen molar-refractivity contribution >= 4 is 23.5 Å². The molecule has 0 aromatic heterocycles. The summed E-state index contributed by atoms with van der Waals surface area (Å²) in [7, 11) is 0.